The number of aromatic nitrogens is 1. The third kappa shape index (κ3) is 2.47. The summed E-state index contributed by atoms with van der Waals surface area (Å²) in [6, 6.07) is 0. The van der Waals surface area contributed by atoms with Crippen LogP contribution in [0.2, 0.25) is 0 Å². The van der Waals surface area contributed by atoms with Crippen molar-refractivity contribution in [1.29, 1.82) is 0 Å². The van der Waals surface area contributed by atoms with Crippen LogP contribution in [0.25, 0.3) is 0 Å². The highest BCUT2D eigenvalue weighted by Crippen LogP contribution is 2.25. The number of alkyl halides is 1. The van der Waals surface area contributed by atoms with E-state index in [2.05, 4.69) is 10.4 Å². The van der Waals surface area contributed by atoms with Crippen molar-refractivity contribution in [1.82, 2.24) is 4.98 Å². The van der Waals surface area contributed by atoms with Gasteiger partial charge in [0, 0.05) is 35.4 Å². The molecule has 1 saturated heterocycles. The van der Waals surface area contributed by atoms with Gasteiger partial charge in [-0.15, -0.1) is 22.9 Å². The van der Waals surface area contributed by atoms with Gasteiger partial charge in [-0.25, -0.2) is 4.98 Å². The summed E-state index contributed by atoms with van der Waals surface area (Å²) in [7, 11) is 0. The van der Waals surface area contributed by atoms with E-state index in [9.17, 15) is 0 Å². The number of aryl methyl sites for hydroxylation is 1. The van der Waals surface area contributed by atoms with Crippen molar-refractivity contribution in [2.24, 2.45) is 5.92 Å². The molecular formula is C10H14ClNOS. The van der Waals surface area contributed by atoms with Crippen LogP contribution < -0.4 is 0 Å². The molecule has 2 nitrogen and oxygen atoms in total. The van der Waals surface area contributed by atoms with Gasteiger partial charge in [0.25, 0.3) is 0 Å². The van der Waals surface area contributed by atoms with Crippen molar-refractivity contribution >= 4 is 22.9 Å². The lowest BCUT2D eigenvalue weighted by Crippen LogP contribution is -2.29. The third-order valence-corrected chi connectivity index (χ3v) is 4.05. The maximum atomic E-state index is 6.24. The van der Waals surface area contributed by atoms with Crippen LogP contribution in [-0.2, 0) is 11.2 Å². The zero-order chi connectivity index (χ0) is 9.97. The summed E-state index contributed by atoms with van der Waals surface area (Å²) in [5.41, 5.74) is 1.10. The minimum Gasteiger partial charge on any atom is -0.381 e. The van der Waals surface area contributed by atoms with Gasteiger partial charge in [0.05, 0.1) is 11.6 Å². The van der Waals surface area contributed by atoms with Gasteiger partial charge < -0.3 is 4.74 Å². The Morgan fingerprint density at radius 2 is 2.57 bits per heavy atom. The number of nitrogens with zero attached hydrogens (tertiary/aromatic N) is 1. The zero-order valence-corrected chi connectivity index (χ0v) is 9.77. The minimum absolute atomic E-state index is 0.257. The van der Waals surface area contributed by atoms with Crippen LogP contribution in [0, 0.1) is 12.8 Å². The molecule has 2 heterocycles. The summed E-state index contributed by atoms with van der Waals surface area (Å²) in [5.74, 6) is 0.441. The van der Waals surface area contributed by atoms with Crippen molar-refractivity contribution in [2.45, 2.75) is 25.1 Å². The molecule has 0 amide bonds. The highest BCUT2D eigenvalue weighted by molar-refractivity contribution is 7.09. The lowest BCUT2D eigenvalue weighted by Gasteiger charge is -2.26. The molecule has 0 spiro atoms. The number of hydrogen-bond acceptors (Lipinski definition) is 3. The molecule has 78 valence electrons. The molecular weight excluding hydrogens is 218 g/mol. The largest absolute Gasteiger partial charge is 0.381 e. The molecule has 4 heteroatoms. The second kappa shape index (κ2) is 4.60. The molecule has 0 radical (unpaired) electrons. The van der Waals surface area contributed by atoms with Gasteiger partial charge in [-0.05, 0) is 13.3 Å². The SMILES string of the molecule is Cc1csc(CC2COCCC2Cl)n1. The van der Waals surface area contributed by atoms with Crippen molar-refractivity contribution in [3.63, 3.8) is 0 Å². The van der Waals surface area contributed by atoms with Crippen LogP contribution >= 0.6 is 22.9 Å². The quantitative estimate of drug-likeness (QED) is 0.731. The van der Waals surface area contributed by atoms with Crippen LogP contribution in [-0.4, -0.2) is 23.6 Å². The van der Waals surface area contributed by atoms with E-state index in [4.69, 9.17) is 16.3 Å². The topological polar surface area (TPSA) is 22.1 Å². The molecule has 0 N–H and O–H groups in total. The molecule has 2 atom stereocenters. The third-order valence-electron chi connectivity index (χ3n) is 2.48. The van der Waals surface area contributed by atoms with E-state index in [1.165, 1.54) is 5.01 Å². The summed E-state index contributed by atoms with van der Waals surface area (Å²) < 4.78 is 5.42. The molecule has 1 aromatic heterocycles. The average molecular weight is 232 g/mol. The summed E-state index contributed by atoms with van der Waals surface area (Å²) in [6.45, 7) is 3.61. The highest BCUT2D eigenvalue weighted by atomic mass is 35.5. The summed E-state index contributed by atoms with van der Waals surface area (Å²) in [4.78, 5) is 4.44. The molecule has 1 aromatic rings. The molecule has 14 heavy (non-hydrogen) atoms. The van der Waals surface area contributed by atoms with Gasteiger partial charge in [-0.1, -0.05) is 0 Å². The number of hydrogen-bond donors (Lipinski definition) is 0. The first-order chi connectivity index (χ1) is 6.75. The van der Waals surface area contributed by atoms with E-state index in [0.29, 0.717) is 5.92 Å². The fourth-order valence-corrected chi connectivity index (χ4v) is 2.80. The van der Waals surface area contributed by atoms with Gasteiger partial charge >= 0.3 is 0 Å². The second-order valence-electron chi connectivity index (χ2n) is 3.73. The van der Waals surface area contributed by atoms with Crippen LogP contribution in [0.15, 0.2) is 5.38 Å². The maximum absolute atomic E-state index is 6.24. The number of ether oxygens (including phenoxy) is 1. The summed E-state index contributed by atoms with van der Waals surface area (Å²) >= 11 is 7.96. The normalized spacial score (nSPS) is 27.9. The van der Waals surface area contributed by atoms with Crippen LogP contribution in [0.4, 0.5) is 0 Å². The molecule has 0 bridgehead atoms. The van der Waals surface area contributed by atoms with E-state index in [1.807, 2.05) is 6.92 Å². The first-order valence-electron chi connectivity index (χ1n) is 4.88. The summed E-state index contributed by atoms with van der Waals surface area (Å²) in [5, 5.41) is 3.53. The molecule has 2 rings (SSSR count). The smallest absolute Gasteiger partial charge is 0.0932 e. The van der Waals surface area contributed by atoms with Crippen LogP contribution in [0.5, 0.6) is 0 Å². The van der Waals surface area contributed by atoms with Crippen molar-refractivity contribution < 1.29 is 4.74 Å². The van der Waals surface area contributed by atoms with E-state index in [-0.39, 0.29) is 5.38 Å². The van der Waals surface area contributed by atoms with Crippen molar-refractivity contribution in [3.05, 3.63) is 16.1 Å². The van der Waals surface area contributed by atoms with E-state index in [0.717, 1.165) is 31.7 Å². The van der Waals surface area contributed by atoms with Gasteiger partial charge in [0.15, 0.2) is 0 Å². The fourth-order valence-electron chi connectivity index (χ4n) is 1.68. The Bertz CT molecular complexity index is 302. The Balaban J connectivity index is 1.95. The first kappa shape index (κ1) is 10.4. The number of rotatable bonds is 2. The Morgan fingerprint density at radius 3 is 3.21 bits per heavy atom. The van der Waals surface area contributed by atoms with E-state index < -0.39 is 0 Å². The number of thiazole rings is 1. The van der Waals surface area contributed by atoms with Gasteiger partial charge in [-0.3, -0.25) is 0 Å². The molecule has 1 fully saturated rings. The Kier molecular flexibility index (Phi) is 3.42. The molecule has 2 unspecified atom stereocenters. The average Bonchev–Trinajstić information content (AvgIpc) is 2.56. The molecule has 1 aliphatic heterocycles. The maximum Gasteiger partial charge on any atom is 0.0932 e. The molecule has 1 aliphatic rings. The Hall–Kier alpha value is -0.120. The van der Waals surface area contributed by atoms with E-state index in [1.54, 1.807) is 11.3 Å². The van der Waals surface area contributed by atoms with E-state index >= 15 is 0 Å². The predicted octanol–water partition coefficient (Wildman–Crippen LogP) is 2.64. The Morgan fingerprint density at radius 1 is 1.71 bits per heavy atom. The number of halogens is 1. The molecule has 0 aliphatic carbocycles. The predicted molar refractivity (Wildman–Crippen MR) is 59.1 cm³/mol. The highest BCUT2D eigenvalue weighted by Gasteiger charge is 2.24. The van der Waals surface area contributed by atoms with Gasteiger partial charge in [-0.2, -0.15) is 0 Å². The molecule has 0 aromatic carbocycles. The van der Waals surface area contributed by atoms with Gasteiger partial charge in [0.2, 0.25) is 0 Å². The monoisotopic (exact) mass is 231 g/mol. The van der Waals surface area contributed by atoms with Crippen molar-refractivity contribution in [3.8, 4) is 0 Å². The minimum atomic E-state index is 0.257. The standard InChI is InChI=1S/C10H14ClNOS/c1-7-6-14-10(12-7)4-8-5-13-3-2-9(8)11/h6,8-9H,2-5H2,1H3. The second-order valence-corrected chi connectivity index (χ2v) is 5.23. The fraction of sp³-hybridized carbons (Fsp3) is 0.700. The zero-order valence-electron chi connectivity index (χ0n) is 8.20. The lowest BCUT2D eigenvalue weighted by atomic mass is 9.98. The molecule has 0 saturated carbocycles. The lowest BCUT2D eigenvalue weighted by molar-refractivity contribution is 0.0577. The Labute approximate surface area is 93.3 Å². The van der Waals surface area contributed by atoms with Crippen LogP contribution in [0.3, 0.4) is 0 Å². The summed E-state index contributed by atoms with van der Waals surface area (Å²) in [6.07, 6.45) is 1.93. The van der Waals surface area contributed by atoms with Crippen molar-refractivity contribution in [2.75, 3.05) is 13.2 Å². The van der Waals surface area contributed by atoms with Crippen LogP contribution in [0.1, 0.15) is 17.1 Å². The first-order valence-corrected chi connectivity index (χ1v) is 6.20. The van der Waals surface area contributed by atoms with Gasteiger partial charge in [0.1, 0.15) is 0 Å².